The van der Waals surface area contributed by atoms with E-state index in [0.29, 0.717) is 19.3 Å². The first-order valence-corrected chi connectivity index (χ1v) is 31.3. The Balaban J connectivity index is 4.29. The molecule has 410 valence electrons. The van der Waals surface area contributed by atoms with E-state index in [1.165, 1.54) is 244 Å². The molecule has 0 aliphatic rings. The molecule has 0 aliphatic heterocycles. The summed E-state index contributed by atoms with van der Waals surface area (Å²) < 4.78 is 16.9. The van der Waals surface area contributed by atoms with Crippen molar-refractivity contribution in [2.24, 2.45) is 11.8 Å². The first-order chi connectivity index (χ1) is 33.8. The lowest BCUT2D eigenvalue weighted by Gasteiger charge is -2.18. The van der Waals surface area contributed by atoms with E-state index in [9.17, 15) is 14.4 Å². The number of hydrogen-bond acceptors (Lipinski definition) is 6. The Kier molecular flexibility index (Phi) is 54.4. The minimum absolute atomic E-state index is 0.0620. The zero-order valence-electron chi connectivity index (χ0n) is 47.5. The fourth-order valence-electron chi connectivity index (χ4n) is 9.73. The summed E-state index contributed by atoms with van der Waals surface area (Å²) >= 11 is 0. The predicted octanol–water partition coefficient (Wildman–Crippen LogP) is 20.8. The minimum atomic E-state index is -0.763. The van der Waals surface area contributed by atoms with Crippen molar-refractivity contribution in [2.75, 3.05) is 13.2 Å². The van der Waals surface area contributed by atoms with Gasteiger partial charge in [0.05, 0.1) is 0 Å². The molecule has 0 amide bonds. The van der Waals surface area contributed by atoms with Gasteiger partial charge in [-0.3, -0.25) is 14.4 Å². The second-order valence-corrected chi connectivity index (χ2v) is 22.4. The molecule has 6 heteroatoms. The van der Waals surface area contributed by atoms with Gasteiger partial charge in [0.2, 0.25) is 0 Å². The summed E-state index contributed by atoms with van der Waals surface area (Å²) in [6, 6.07) is 0. The second kappa shape index (κ2) is 55.7. The fraction of sp³-hybridized carbons (Fsp3) is 0.952. The molecule has 0 rings (SSSR count). The lowest BCUT2D eigenvalue weighted by atomic mass is 9.99. The van der Waals surface area contributed by atoms with Crippen molar-refractivity contribution in [2.45, 2.75) is 362 Å². The van der Waals surface area contributed by atoms with Gasteiger partial charge >= 0.3 is 17.9 Å². The predicted molar refractivity (Wildman–Crippen MR) is 298 cm³/mol. The van der Waals surface area contributed by atoms with Crippen molar-refractivity contribution < 1.29 is 28.6 Å². The smallest absolute Gasteiger partial charge is 0.306 e. The highest BCUT2D eigenvalue weighted by Crippen LogP contribution is 2.19. The molecule has 0 saturated heterocycles. The van der Waals surface area contributed by atoms with Crippen LogP contribution < -0.4 is 0 Å². The Morgan fingerprint density at radius 2 is 0.551 bits per heavy atom. The number of carbonyl (C=O) groups excluding carboxylic acids is 3. The highest BCUT2D eigenvalue weighted by molar-refractivity contribution is 5.71. The van der Waals surface area contributed by atoms with Crippen LogP contribution in [0.4, 0.5) is 0 Å². The van der Waals surface area contributed by atoms with Crippen LogP contribution in [0.15, 0.2) is 0 Å². The topological polar surface area (TPSA) is 78.9 Å². The average molecular weight is 976 g/mol. The molecule has 0 spiro atoms. The molecule has 1 unspecified atom stereocenters. The first-order valence-electron chi connectivity index (χ1n) is 31.3. The van der Waals surface area contributed by atoms with E-state index < -0.39 is 6.10 Å². The molecule has 0 aromatic carbocycles. The van der Waals surface area contributed by atoms with E-state index in [-0.39, 0.29) is 31.1 Å². The summed E-state index contributed by atoms with van der Waals surface area (Å²) in [5, 5.41) is 0. The van der Waals surface area contributed by atoms with Crippen molar-refractivity contribution in [1.29, 1.82) is 0 Å². The summed E-state index contributed by atoms with van der Waals surface area (Å²) in [4.78, 5) is 38.3. The van der Waals surface area contributed by atoms with E-state index in [2.05, 4.69) is 34.6 Å². The Hall–Kier alpha value is -1.59. The van der Waals surface area contributed by atoms with E-state index in [1.807, 2.05) is 0 Å². The highest BCUT2D eigenvalue weighted by Gasteiger charge is 2.19. The Labute approximate surface area is 431 Å². The van der Waals surface area contributed by atoms with Crippen LogP contribution >= 0.6 is 0 Å². The molecular formula is C63H122O6. The molecule has 0 bridgehead atoms. The lowest BCUT2D eigenvalue weighted by Crippen LogP contribution is -2.30. The third-order valence-corrected chi connectivity index (χ3v) is 14.8. The molecule has 0 heterocycles. The molecule has 6 nitrogen and oxygen atoms in total. The second-order valence-electron chi connectivity index (χ2n) is 22.4. The van der Waals surface area contributed by atoms with Gasteiger partial charge in [-0.1, -0.05) is 317 Å². The van der Waals surface area contributed by atoms with Gasteiger partial charge in [-0.2, -0.15) is 0 Å². The Bertz CT molecular complexity index is 1060. The third kappa shape index (κ3) is 55.6. The Morgan fingerprint density at radius 3 is 0.826 bits per heavy atom. The quantitative estimate of drug-likeness (QED) is 0.0343. The number of esters is 3. The summed E-state index contributed by atoms with van der Waals surface area (Å²) in [7, 11) is 0. The molecule has 0 aromatic rings. The summed E-state index contributed by atoms with van der Waals surface area (Å²) in [6.07, 6.45) is 60.9. The molecule has 0 radical (unpaired) electrons. The maximum absolute atomic E-state index is 12.9. The zero-order chi connectivity index (χ0) is 50.4. The van der Waals surface area contributed by atoms with Crippen LogP contribution in [0, 0.1) is 11.8 Å². The van der Waals surface area contributed by atoms with Gasteiger partial charge in [-0.15, -0.1) is 0 Å². The molecule has 0 aromatic heterocycles. The van der Waals surface area contributed by atoms with Gasteiger partial charge in [0.1, 0.15) is 13.2 Å². The molecule has 0 saturated carbocycles. The molecule has 0 aliphatic carbocycles. The maximum Gasteiger partial charge on any atom is 0.306 e. The van der Waals surface area contributed by atoms with E-state index in [4.69, 9.17) is 14.2 Å². The normalized spacial score (nSPS) is 12.4. The van der Waals surface area contributed by atoms with Crippen molar-refractivity contribution >= 4 is 17.9 Å². The van der Waals surface area contributed by atoms with Crippen LogP contribution in [0.1, 0.15) is 356 Å². The van der Waals surface area contributed by atoms with Crippen molar-refractivity contribution in [1.82, 2.24) is 0 Å². The number of hydrogen-bond donors (Lipinski definition) is 0. The van der Waals surface area contributed by atoms with Gasteiger partial charge in [0.15, 0.2) is 6.10 Å². The standard InChI is InChI=1S/C63H122O6/c1-6-8-9-10-11-12-13-14-16-25-30-35-40-45-50-55-63(66)69-60(56-67-61(64)53-48-43-38-33-28-23-18-15-17-21-26-31-36-41-46-51-58(3)4)57-68-62(65)54-49-44-39-34-29-24-20-19-22-27-32-37-42-47-52-59(5)7-2/h58-60H,6-57H2,1-5H3/t59?,60-/m1/s1. The molecular weight excluding hydrogens is 853 g/mol. The summed E-state index contributed by atoms with van der Waals surface area (Å²) in [5.74, 6) is 0.913. The lowest BCUT2D eigenvalue weighted by molar-refractivity contribution is -0.167. The van der Waals surface area contributed by atoms with E-state index in [0.717, 1.165) is 69.6 Å². The van der Waals surface area contributed by atoms with Crippen LogP contribution in [0.25, 0.3) is 0 Å². The van der Waals surface area contributed by atoms with Crippen molar-refractivity contribution in [3.05, 3.63) is 0 Å². The van der Waals surface area contributed by atoms with Crippen LogP contribution in [0.2, 0.25) is 0 Å². The van der Waals surface area contributed by atoms with E-state index >= 15 is 0 Å². The first kappa shape index (κ1) is 67.4. The number of unbranched alkanes of at least 4 members (excludes halogenated alkanes) is 41. The molecule has 2 atom stereocenters. The molecule has 69 heavy (non-hydrogen) atoms. The van der Waals surface area contributed by atoms with Crippen LogP contribution in [0.3, 0.4) is 0 Å². The largest absolute Gasteiger partial charge is 0.462 e. The average Bonchev–Trinajstić information content (AvgIpc) is 3.34. The summed E-state index contributed by atoms with van der Waals surface area (Å²) in [5.41, 5.74) is 0. The number of rotatable bonds is 57. The molecule has 0 fully saturated rings. The number of ether oxygens (including phenoxy) is 3. The maximum atomic E-state index is 12.9. The minimum Gasteiger partial charge on any atom is -0.462 e. The van der Waals surface area contributed by atoms with Gasteiger partial charge in [-0.05, 0) is 31.1 Å². The van der Waals surface area contributed by atoms with Gasteiger partial charge in [0.25, 0.3) is 0 Å². The highest BCUT2D eigenvalue weighted by atomic mass is 16.6. The van der Waals surface area contributed by atoms with Gasteiger partial charge < -0.3 is 14.2 Å². The van der Waals surface area contributed by atoms with Crippen LogP contribution in [-0.4, -0.2) is 37.2 Å². The van der Waals surface area contributed by atoms with Crippen molar-refractivity contribution in [3.63, 3.8) is 0 Å². The Morgan fingerprint density at radius 1 is 0.304 bits per heavy atom. The molecule has 0 N–H and O–H groups in total. The van der Waals surface area contributed by atoms with Crippen molar-refractivity contribution in [3.8, 4) is 0 Å². The van der Waals surface area contributed by atoms with Gasteiger partial charge in [0, 0.05) is 19.3 Å². The fourth-order valence-corrected chi connectivity index (χ4v) is 9.73. The van der Waals surface area contributed by atoms with Gasteiger partial charge in [-0.25, -0.2) is 0 Å². The third-order valence-electron chi connectivity index (χ3n) is 14.8. The van der Waals surface area contributed by atoms with Crippen LogP contribution in [-0.2, 0) is 28.6 Å². The zero-order valence-corrected chi connectivity index (χ0v) is 47.5. The van der Waals surface area contributed by atoms with E-state index in [1.54, 1.807) is 0 Å². The summed E-state index contributed by atoms with van der Waals surface area (Å²) in [6.45, 7) is 11.5. The number of carbonyl (C=O) groups is 3. The SMILES string of the molecule is CCCCCCCCCCCCCCCCCC(=O)O[C@H](COC(=O)CCCCCCCCCCCCCCCCCC(C)C)COC(=O)CCCCCCCCCCCCCCCCC(C)CC. The van der Waals surface area contributed by atoms with Crippen LogP contribution in [0.5, 0.6) is 0 Å². The monoisotopic (exact) mass is 975 g/mol.